The first-order chi connectivity index (χ1) is 12.4. The van der Waals surface area contributed by atoms with Crippen molar-refractivity contribution in [1.82, 2.24) is 4.31 Å². The number of halogens is 1. The van der Waals surface area contributed by atoms with Crippen molar-refractivity contribution in [3.05, 3.63) is 59.9 Å². The highest BCUT2D eigenvalue weighted by atomic mass is 32.2. The molecule has 0 aromatic heterocycles. The minimum atomic E-state index is -3.85. The first-order valence-corrected chi connectivity index (χ1v) is 10.0. The summed E-state index contributed by atoms with van der Waals surface area (Å²) in [6.45, 7) is 2.32. The smallest absolute Gasteiger partial charge is 0.243 e. The summed E-state index contributed by atoms with van der Waals surface area (Å²) in [5, 5.41) is 2.79. The van der Waals surface area contributed by atoms with E-state index in [2.05, 4.69) is 5.32 Å². The van der Waals surface area contributed by atoms with E-state index in [1.807, 2.05) is 31.2 Å². The van der Waals surface area contributed by atoms with E-state index in [9.17, 15) is 17.6 Å². The Hall–Kier alpha value is -2.25. The number of rotatable bonds is 5. The Kier molecular flexibility index (Phi) is 5.38. The maximum absolute atomic E-state index is 13.1. The summed E-state index contributed by atoms with van der Waals surface area (Å²) in [4.78, 5) is 12.6. The Morgan fingerprint density at radius 2 is 1.81 bits per heavy atom. The maximum atomic E-state index is 13.1. The number of nitrogens with one attached hydrogen (secondary N) is 1. The Labute approximate surface area is 152 Å². The second kappa shape index (κ2) is 7.55. The molecular weight excluding hydrogens is 355 g/mol. The highest BCUT2D eigenvalue weighted by Gasteiger charge is 2.39. The number of benzene rings is 2. The van der Waals surface area contributed by atoms with E-state index >= 15 is 0 Å². The molecule has 0 unspecified atom stereocenters. The molecule has 3 rings (SSSR count). The number of hydrogen-bond acceptors (Lipinski definition) is 3. The lowest BCUT2D eigenvalue weighted by Gasteiger charge is -2.23. The third-order valence-electron chi connectivity index (χ3n) is 4.56. The maximum Gasteiger partial charge on any atom is 0.243 e. The van der Waals surface area contributed by atoms with Crippen LogP contribution in [0.25, 0.3) is 0 Å². The number of amides is 1. The molecule has 1 saturated heterocycles. The van der Waals surface area contributed by atoms with Crippen LogP contribution < -0.4 is 5.32 Å². The zero-order valence-corrected chi connectivity index (χ0v) is 15.3. The van der Waals surface area contributed by atoms with Crippen molar-refractivity contribution in [1.29, 1.82) is 0 Å². The minimum absolute atomic E-state index is 0.00843. The first-order valence-electron chi connectivity index (χ1n) is 8.59. The first kappa shape index (κ1) is 18.5. The summed E-state index contributed by atoms with van der Waals surface area (Å²) in [7, 11) is -3.85. The lowest BCUT2D eigenvalue weighted by molar-refractivity contribution is -0.119. The second-order valence-corrected chi connectivity index (χ2v) is 8.16. The predicted octanol–water partition coefficient (Wildman–Crippen LogP) is 3.18. The number of anilines is 1. The molecule has 2 aromatic carbocycles. The molecule has 1 heterocycles. The number of hydrogen-bond donors (Lipinski definition) is 1. The molecule has 26 heavy (non-hydrogen) atoms. The van der Waals surface area contributed by atoms with Gasteiger partial charge in [-0.05, 0) is 61.2 Å². The Bertz CT molecular complexity index is 880. The third-order valence-corrected chi connectivity index (χ3v) is 6.48. The molecule has 1 aliphatic heterocycles. The quantitative estimate of drug-likeness (QED) is 0.872. The Morgan fingerprint density at radius 1 is 1.15 bits per heavy atom. The van der Waals surface area contributed by atoms with Crippen molar-refractivity contribution >= 4 is 21.6 Å². The summed E-state index contributed by atoms with van der Waals surface area (Å²) in [5.74, 6) is -0.854. The van der Waals surface area contributed by atoms with Gasteiger partial charge in [-0.1, -0.05) is 19.1 Å². The van der Waals surface area contributed by atoms with Gasteiger partial charge in [0, 0.05) is 12.2 Å². The van der Waals surface area contributed by atoms with Gasteiger partial charge in [-0.3, -0.25) is 4.79 Å². The van der Waals surface area contributed by atoms with Crippen LogP contribution in [0.4, 0.5) is 10.1 Å². The molecule has 2 aromatic rings. The molecule has 1 atom stereocenters. The van der Waals surface area contributed by atoms with Crippen molar-refractivity contribution < 1.29 is 17.6 Å². The average molecular weight is 376 g/mol. The number of sulfonamides is 1. The van der Waals surface area contributed by atoms with Gasteiger partial charge >= 0.3 is 0 Å². The molecule has 1 amide bonds. The van der Waals surface area contributed by atoms with E-state index in [0.29, 0.717) is 18.5 Å². The van der Waals surface area contributed by atoms with Gasteiger partial charge in [-0.15, -0.1) is 0 Å². The lowest BCUT2D eigenvalue weighted by Crippen LogP contribution is -2.43. The van der Waals surface area contributed by atoms with Gasteiger partial charge in [0.15, 0.2) is 0 Å². The zero-order chi connectivity index (χ0) is 18.7. The van der Waals surface area contributed by atoms with Crippen LogP contribution in [-0.4, -0.2) is 31.2 Å². The SMILES string of the molecule is CCc1ccc(NC(=O)[C@@H]2CCCN2S(=O)(=O)c2ccc(F)cc2)cc1. The van der Waals surface area contributed by atoms with Crippen molar-refractivity contribution in [3.8, 4) is 0 Å². The standard InChI is InChI=1S/C19H21FN2O3S/c1-2-14-5-9-16(10-6-14)21-19(23)18-4-3-13-22(18)26(24,25)17-11-7-15(20)8-12-17/h5-12,18H,2-4,13H2,1H3,(H,21,23)/t18-/m0/s1. The molecule has 1 aliphatic rings. The van der Waals surface area contributed by atoms with Gasteiger partial charge in [0.1, 0.15) is 11.9 Å². The zero-order valence-electron chi connectivity index (χ0n) is 14.5. The summed E-state index contributed by atoms with van der Waals surface area (Å²) < 4.78 is 39.9. The summed E-state index contributed by atoms with van der Waals surface area (Å²) in [6, 6.07) is 11.4. The highest BCUT2D eigenvalue weighted by molar-refractivity contribution is 7.89. The van der Waals surface area contributed by atoms with Crippen LogP contribution in [0.15, 0.2) is 53.4 Å². The van der Waals surface area contributed by atoms with Crippen LogP contribution in [0.5, 0.6) is 0 Å². The Morgan fingerprint density at radius 3 is 2.42 bits per heavy atom. The molecule has 0 aliphatic carbocycles. The fourth-order valence-electron chi connectivity index (χ4n) is 3.08. The molecule has 0 radical (unpaired) electrons. The molecular formula is C19H21FN2O3S. The van der Waals surface area contributed by atoms with Gasteiger partial charge in [-0.25, -0.2) is 12.8 Å². The van der Waals surface area contributed by atoms with Crippen molar-refractivity contribution in [3.63, 3.8) is 0 Å². The molecule has 1 fully saturated rings. The average Bonchev–Trinajstić information content (AvgIpc) is 3.13. The van der Waals surface area contributed by atoms with Crippen LogP contribution in [-0.2, 0) is 21.2 Å². The fraction of sp³-hybridized carbons (Fsp3) is 0.316. The normalized spacial score (nSPS) is 18.0. The van der Waals surface area contributed by atoms with E-state index < -0.39 is 21.9 Å². The van der Waals surface area contributed by atoms with Crippen LogP contribution in [0, 0.1) is 5.82 Å². The van der Waals surface area contributed by atoms with Crippen LogP contribution in [0.3, 0.4) is 0 Å². The summed E-state index contributed by atoms with van der Waals surface area (Å²) >= 11 is 0. The predicted molar refractivity (Wildman–Crippen MR) is 97.8 cm³/mol. The van der Waals surface area contributed by atoms with Gasteiger partial charge in [-0.2, -0.15) is 4.31 Å². The van der Waals surface area contributed by atoms with E-state index in [-0.39, 0.29) is 17.3 Å². The number of carbonyl (C=O) groups excluding carboxylic acids is 1. The van der Waals surface area contributed by atoms with Crippen molar-refractivity contribution in [2.24, 2.45) is 0 Å². The van der Waals surface area contributed by atoms with Gasteiger partial charge < -0.3 is 5.32 Å². The molecule has 5 nitrogen and oxygen atoms in total. The topological polar surface area (TPSA) is 66.5 Å². The van der Waals surface area contributed by atoms with Gasteiger partial charge in [0.25, 0.3) is 0 Å². The third kappa shape index (κ3) is 3.78. The monoisotopic (exact) mass is 376 g/mol. The van der Waals surface area contributed by atoms with Gasteiger partial charge in [0.05, 0.1) is 4.90 Å². The fourth-order valence-corrected chi connectivity index (χ4v) is 4.74. The van der Waals surface area contributed by atoms with E-state index in [1.54, 1.807) is 0 Å². The molecule has 0 spiro atoms. The van der Waals surface area contributed by atoms with Gasteiger partial charge in [0.2, 0.25) is 15.9 Å². The lowest BCUT2D eigenvalue weighted by atomic mass is 10.1. The van der Waals surface area contributed by atoms with E-state index in [4.69, 9.17) is 0 Å². The Balaban J connectivity index is 1.78. The summed E-state index contributed by atoms with van der Waals surface area (Å²) in [5.41, 5.74) is 1.79. The number of nitrogens with zero attached hydrogens (tertiary/aromatic N) is 1. The van der Waals surface area contributed by atoms with Crippen LogP contribution >= 0.6 is 0 Å². The summed E-state index contributed by atoms with van der Waals surface area (Å²) in [6.07, 6.45) is 1.97. The largest absolute Gasteiger partial charge is 0.325 e. The van der Waals surface area contributed by atoms with E-state index in [1.165, 1.54) is 16.4 Å². The molecule has 138 valence electrons. The highest BCUT2D eigenvalue weighted by Crippen LogP contribution is 2.27. The molecule has 1 N–H and O–H groups in total. The minimum Gasteiger partial charge on any atom is -0.325 e. The number of carbonyl (C=O) groups is 1. The van der Waals surface area contributed by atoms with Crippen LogP contribution in [0.2, 0.25) is 0 Å². The van der Waals surface area contributed by atoms with Crippen molar-refractivity contribution in [2.75, 3.05) is 11.9 Å². The van der Waals surface area contributed by atoms with E-state index in [0.717, 1.165) is 24.1 Å². The second-order valence-electron chi connectivity index (χ2n) is 6.27. The van der Waals surface area contributed by atoms with Crippen molar-refractivity contribution in [2.45, 2.75) is 37.1 Å². The van der Waals surface area contributed by atoms with Crippen LogP contribution in [0.1, 0.15) is 25.3 Å². The number of aryl methyl sites for hydroxylation is 1. The molecule has 0 bridgehead atoms. The molecule has 7 heteroatoms. The molecule has 0 saturated carbocycles.